The highest BCUT2D eigenvalue weighted by atomic mass is 16.5. The molecule has 2 amide bonds. The Morgan fingerprint density at radius 3 is 2.31 bits per heavy atom. The van der Waals surface area contributed by atoms with Crippen molar-refractivity contribution in [2.45, 2.75) is 32.2 Å². The van der Waals surface area contributed by atoms with Gasteiger partial charge in [-0.05, 0) is 28.7 Å². The van der Waals surface area contributed by atoms with Crippen LogP contribution in [0.1, 0.15) is 37.9 Å². The number of hydrogen-bond acceptors (Lipinski definition) is 3. The number of carbonyl (C=O) groups is 1. The van der Waals surface area contributed by atoms with E-state index in [0.717, 1.165) is 11.3 Å². The second kappa shape index (κ2) is 9.25. The number of nitrogens with one attached hydrogen (secondary N) is 2. The van der Waals surface area contributed by atoms with Gasteiger partial charge in [0.2, 0.25) is 0 Å². The molecule has 3 N–H and O–H groups in total. The van der Waals surface area contributed by atoms with Crippen LogP contribution in [0.4, 0.5) is 4.79 Å². The maximum absolute atomic E-state index is 12.0. The maximum atomic E-state index is 12.0. The van der Waals surface area contributed by atoms with Crippen LogP contribution in [0.2, 0.25) is 0 Å². The Morgan fingerprint density at radius 1 is 1.08 bits per heavy atom. The molecule has 2 rings (SSSR count). The standard InChI is InChI=1S/C21H28N2O3/c1-21(2,3)17-9-11-18(12-10-17)26-14-13-22-20(25)23-19(15-24)16-7-5-4-6-8-16/h4-12,19,24H,13-15H2,1-3H3,(H2,22,23,25). The molecule has 0 bridgehead atoms. The first kappa shape index (κ1) is 19.8. The molecule has 1 atom stereocenters. The number of urea groups is 1. The Bertz CT molecular complexity index is 679. The summed E-state index contributed by atoms with van der Waals surface area (Å²) in [5, 5.41) is 14.9. The number of ether oxygens (including phenoxy) is 1. The van der Waals surface area contributed by atoms with Crippen LogP contribution < -0.4 is 15.4 Å². The Labute approximate surface area is 155 Å². The van der Waals surface area contributed by atoms with Gasteiger partial charge in [-0.3, -0.25) is 0 Å². The zero-order valence-electron chi connectivity index (χ0n) is 15.7. The van der Waals surface area contributed by atoms with E-state index in [1.807, 2.05) is 42.5 Å². The van der Waals surface area contributed by atoms with Crippen molar-refractivity contribution in [3.63, 3.8) is 0 Å². The van der Waals surface area contributed by atoms with Gasteiger partial charge < -0.3 is 20.5 Å². The molecule has 0 aromatic heterocycles. The molecular weight excluding hydrogens is 328 g/mol. The third-order valence-corrected chi connectivity index (χ3v) is 4.07. The van der Waals surface area contributed by atoms with Crippen molar-refractivity contribution in [3.05, 3.63) is 65.7 Å². The number of carbonyl (C=O) groups excluding carboxylic acids is 1. The second-order valence-electron chi connectivity index (χ2n) is 7.17. The molecule has 0 radical (unpaired) electrons. The Kier molecular flexibility index (Phi) is 7.04. The lowest BCUT2D eigenvalue weighted by Crippen LogP contribution is -2.40. The zero-order chi connectivity index (χ0) is 19.0. The fourth-order valence-corrected chi connectivity index (χ4v) is 2.51. The molecule has 0 aliphatic rings. The summed E-state index contributed by atoms with van der Waals surface area (Å²) in [6, 6.07) is 16.6. The molecule has 0 aliphatic heterocycles. The molecule has 2 aromatic rings. The van der Waals surface area contributed by atoms with Gasteiger partial charge in [-0.1, -0.05) is 63.2 Å². The topological polar surface area (TPSA) is 70.6 Å². The number of benzene rings is 2. The highest BCUT2D eigenvalue weighted by molar-refractivity contribution is 5.74. The van der Waals surface area contributed by atoms with Gasteiger partial charge in [0, 0.05) is 0 Å². The molecule has 0 spiro atoms. The Morgan fingerprint density at radius 2 is 1.73 bits per heavy atom. The first-order valence-corrected chi connectivity index (χ1v) is 8.83. The maximum Gasteiger partial charge on any atom is 0.315 e. The first-order valence-electron chi connectivity index (χ1n) is 8.83. The molecule has 0 saturated carbocycles. The van der Waals surface area contributed by atoms with Crippen molar-refractivity contribution in [2.24, 2.45) is 0 Å². The molecule has 0 fully saturated rings. The quantitative estimate of drug-likeness (QED) is 0.666. The van der Waals surface area contributed by atoms with Crippen LogP contribution in [-0.2, 0) is 5.41 Å². The lowest BCUT2D eigenvalue weighted by molar-refractivity contribution is 0.214. The summed E-state index contributed by atoms with van der Waals surface area (Å²) in [7, 11) is 0. The van der Waals surface area contributed by atoms with Crippen LogP contribution in [0.3, 0.4) is 0 Å². The highest BCUT2D eigenvalue weighted by Crippen LogP contribution is 2.24. The normalized spacial score (nSPS) is 12.3. The minimum Gasteiger partial charge on any atom is -0.492 e. The van der Waals surface area contributed by atoms with Gasteiger partial charge in [0.25, 0.3) is 0 Å². The van der Waals surface area contributed by atoms with E-state index in [1.165, 1.54) is 5.56 Å². The minimum atomic E-state index is -0.429. The summed E-state index contributed by atoms with van der Waals surface area (Å²) in [5.41, 5.74) is 2.22. The van der Waals surface area contributed by atoms with E-state index in [9.17, 15) is 9.90 Å². The van der Waals surface area contributed by atoms with Gasteiger partial charge in [-0.25, -0.2) is 4.79 Å². The van der Waals surface area contributed by atoms with Crippen LogP contribution in [0.15, 0.2) is 54.6 Å². The number of rotatable bonds is 7. The average Bonchev–Trinajstić information content (AvgIpc) is 2.63. The van der Waals surface area contributed by atoms with Crippen molar-refractivity contribution in [2.75, 3.05) is 19.8 Å². The van der Waals surface area contributed by atoms with Crippen molar-refractivity contribution >= 4 is 6.03 Å². The Balaban J connectivity index is 1.73. The fourth-order valence-electron chi connectivity index (χ4n) is 2.51. The molecule has 26 heavy (non-hydrogen) atoms. The predicted molar refractivity (Wildman–Crippen MR) is 103 cm³/mol. The van der Waals surface area contributed by atoms with Crippen LogP contribution in [0.5, 0.6) is 5.75 Å². The van der Waals surface area contributed by atoms with Gasteiger partial charge in [0.1, 0.15) is 12.4 Å². The summed E-state index contributed by atoms with van der Waals surface area (Å²) in [4.78, 5) is 12.0. The van der Waals surface area contributed by atoms with E-state index in [4.69, 9.17) is 4.74 Å². The number of amides is 2. The van der Waals surface area contributed by atoms with Crippen LogP contribution >= 0.6 is 0 Å². The van der Waals surface area contributed by atoms with Crippen LogP contribution in [-0.4, -0.2) is 30.9 Å². The number of aliphatic hydroxyl groups excluding tert-OH is 1. The largest absolute Gasteiger partial charge is 0.492 e. The molecule has 5 nitrogen and oxygen atoms in total. The number of hydrogen-bond donors (Lipinski definition) is 3. The van der Waals surface area contributed by atoms with Gasteiger partial charge >= 0.3 is 6.03 Å². The molecule has 140 valence electrons. The summed E-state index contributed by atoms with van der Waals surface area (Å²) in [5.74, 6) is 0.776. The monoisotopic (exact) mass is 356 g/mol. The summed E-state index contributed by atoms with van der Waals surface area (Å²) in [6.45, 7) is 7.09. The van der Waals surface area contributed by atoms with Crippen molar-refractivity contribution in [1.82, 2.24) is 10.6 Å². The van der Waals surface area contributed by atoms with E-state index < -0.39 is 6.04 Å². The fraction of sp³-hybridized carbons (Fsp3) is 0.381. The van der Waals surface area contributed by atoms with E-state index in [2.05, 4.69) is 43.5 Å². The predicted octanol–water partition coefficient (Wildman–Crippen LogP) is 3.40. The SMILES string of the molecule is CC(C)(C)c1ccc(OCCNC(=O)NC(CO)c2ccccc2)cc1. The van der Waals surface area contributed by atoms with E-state index >= 15 is 0 Å². The summed E-state index contributed by atoms with van der Waals surface area (Å²) >= 11 is 0. The van der Waals surface area contributed by atoms with Gasteiger partial charge in [0.05, 0.1) is 19.2 Å². The lowest BCUT2D eigenvalue weighted by atomic mass is 9.87. The van der Waals surface area contributed by atoms with E-state index in [1.54, 1.807) is 0 Å². The average molecular weight is 356 g/mol. The van der Waals surface area contributed by atoms with Crippen LogP contribution in [0, 0.1) is 0 Å². The van der Waals surface area contributed by atoms with Crippen molar-refractivity contribution in [1.29, 1.82) is 0 Å². The van der Waals surface area contributed by atoms with Crippen molar-refractivity contribution in [3.8, 4) is 5.75 Å². The van der Waals surface area contributed by atoms with Crippen LogP contribution in [0.25, 0.3) is 0 Å². The van der Waals surface area contributed by atoms with Gasteiger partial charge in [-0.2, -0.15) is 0 Å². The van der Waals surface area contributed by atoms with E-state index in [0.29, 0.717) is 13.2 Å². The summed E-state index contributed by atoms with van der Waals surface area (Å²) in [6.07, 6.45) is 0. The third-order valence-electron chi connectivity index (χ3n) is 4.07. The third kappa shape index (κ3) is 6.08. The highest BCUT2D eigenvalue weighted by Gasteiger charge is 2.14. The molecular formula is C21H28N2O3. The van der Waals surface area contributed by atoms with Crippen molar-refractivity contribution < 1.29 is 14.6 Å². The molecule has 5 heteroatoms. The second-order valence-corrected chi connectivity index (χ2v) is 7.17. The minimum absolute atomic E-state index is 0.111. The number of aliphatic hydroxyl groups is 1. The van der Waals surface area contributed by atoms with Gasteiger partial charge in [-0.15, -0.1) is 0 Å². The first-order chi connectivity index (χ1) is 12.4. The summed E-state index contributed by atoms with van der Waals surface area (Å²) < 4.78 is 5.65. The molecule has 1 unspecified atom stereocenters. The molecule has 0 aliphatic carbocycles. The molecule has 2 aromatic carbocycles. The van der Waals surface area contributed by atoms with Gasteiger partial charge in [0.15, 0.2) is 0 Å². The zero-order valence-corrected chi connectivity index (χ0v) is 15.7. The molecule has 0 saturated heterocycles. The smallest absolute Gasteiger partial charge is 0.315 e. The Hall–Kier alpha value is -2.53. The lowest BCUT2D eigenvalue weighted by Gasteiger charge is -2.19. The van der Waals surface area contributed by atoms with E-state index in [-0.39, 0.29) is 18.1 Å². The molecule has 0 heterocycles.